The Morgan fingerprint density at radius 3 is 2.38 bits per heavy atom. The van der Waals surface area contributed by atoms with Crippen molar-refractivity contribution >= 4 is 0 Å². The SMILES string of the molecule is CCC(O)(Cc1ccccc1)OC. The maximum Gasteiger partial charge on any atom is 0.168 e. The van der Waals surface area contributed by atoms with Gasteiger partial charge in [-0.3, -0.25) is 0 Å². The molecule has 1 aromatic rings. The van der Waals surface area contributed by atoms with Gasteiger partial charge in [0.25, 0.3) is 0 Å². The molecule has 2 nitrogen and oxygen atoms in total. The molecule has 1 unspecified atom stereocenters. The lowest BCUT2D eigenvalue weighted by molar-refractivity contribution is -0.185. The molecule has 0 saturated heterocycles. The van der Waals surface area contributed by atoms with Crippen molar-refractivity contribution < 1.29 is 9.84 Å². The molecule has 0 saturated carbocycles. The maximum absolute atomic E-state index is 9.86. The molecule has 0 spiro atoms. The molecule has 13 heavy (non-hydrogen) atoms. The first-order valence-electron chi connectivity index (χ1n) is 4.51. The Morgan fingerprint density at radius 1 is 1.31 bits per heavy atom. The molecule has 0 radical (unpaired) electrons. The summed E-state index contributed by atoms with van der Waals surface area (Å²) in [6.07, 6.45) is 1.14. The van der Waals surface area contributed by atoms with Gasteiger partial charge in [-0.25, -0.2) is 0 Å². The van der Waals surface area contributed by atoms with E-state index in [4.69, 9.17) is 4.74 Å². The molecule has 1 atom stereocenters. The first kappa shape index (κ1) is 10.2. The van der Waals surface area contributed by atoms with E-state index < -0.39 is 5.79 Å². The largest absolute Gasteiger partial charge is 0.365 e. The predicted octanol–water partition coefficient (Wildman–Crippen LogP) is 1.97. The van der Waals surface area contributed by atoms with Crippen molar-refractivity contribution in [2.24, 2.45) is 0 Å². The summed E-state index contributed by atoms with van der Waals surface area (Å²) in [7, 11) is 1.53. The second-order valence-electron chi connectivity index (χ2n) is 3.17. The van der Waals surface area contributed by atoms with Crippen LogP contribution >= 0.6 is 0 Å². The summed E-state index contributed by atoms with van der Waals surface area (Å²) in [5, 5.41) is 9.86. The summed E-state index contributed by atoms with van der Waals surface area (Å²) in [5.41, 5.74) is 1.09. The van der Waals surface area contributed by atoms with Gasteiger partial charge in [-0.2, -0.15) is 0 Å². The number of aliphatic hydroxyl groups is 1. The van der Waals surface area contributed by atoms with Gasteiger partial charge in [0.2, 0.25) is 0 Å². The monoisotopic (exact) mass is 180 g/mol. The molecule has 1 aromatic carbocycles. The highest BCUT2D eigenvalue weighted by molar-refractivity contribution is 5.16. The van der Waals surface area contributed by atoms with E-state index in [0.29, 0.717) is 12.8 Å². The molecular formula is C11H16O2. The van der Waals surface area contributed by atoms with Crippen molar-refractivity contribution in [1.82, 2.24) is 0 Å². The Bertz CT molecular complexity index is 240. The zero-order valence-electron chi connectivity index (χ0n) is 8.16. The van der Waals surface area contributed by atoms with Crippen LogP contribution in [-0.4, -0.2) is 18.0 Å². The number of ether oxygens (including phenoxy) is 1. The average Bonchev–Trinajstić information content (AvgIpc) is 2.19. The van der Waals surface area contributed by atoms with E-state index in [-0.39, 0.29) is 0 Å². The number of benzene rings is 1. The van der Waals surface area contributed by atoms with Gasteiger partial charge >= 0.3 is 0 Å². The molecule has 0 bridgehead atoms. The van der Waals surface area contributed by atoms with Crippen LogP contribution in [0.25, 0.3) is 0 Å². The number of hydrogen-bond donors (Lipinski definition) is 1. The van der Waals surface area contributed by atoms with E-state index in [0.717, 1.165) is 5.56 Å². The van der Waals surface area contributed by atoms with Crippen LogP contribution in [0.1, 0.15) is 18.9 Å². The Morgan fingerprint density at radius 2 is 1.92 bits per heavy atom. The van der Waals surface area contributed by atoms with Crippen molar-refractivity contribution in [3.05, 3.63) is 35.9 Å². The fourth-order valence-corrected chi connectivity index (χ4v) is 1.26. The van der Waals surface area contributed by atoms with Crippen molar-refractivity contribution in [3.8, 4) is 0 Å². The van der Waals surface area contributed by atoms with E-state index in [9.17, 15) is 5.11 Å². The fraction of sp³-hybridized carbons (Fsp3) is 0.455. The molecule has 0 amide bonds. The minimum Gasteiger partial charge on any atom is -0.365 e. The zero-order chi connectivity index (χ0) is 9.73. The predicted molar refractivity (Wildman–Crippen MR) is 52.4 cm³/mol. The highest BCUT2D eigenvalue weighted by atomic mass is 16.6. The molecule has 0 aliphatic carbocycles. The highest BCUT2D eigenvalue weighted by Crippen LogP contribution is 2.17. The standard InChI is InChI=1S/C11H16O2/c1-3-11(12,13-2)9-10-7-5-4-6-8-10/h4-8,12H,3,9H2,1-2H3. The van der Waals surface area contributed by atoms with Crippen LogP contribution in [0, 0.1) is 0 Å². The molecule has 0 aliphatic rings. The van der Waals surface area contributed by atoms with Gasteiger partial charge in [0.1, 0.15) is 0 Å². The van der Waals surface area contributed by atoms with Crippen LogP contribution in [0.2, 0.25) is 0 Å². The lowest BCUT2D eigenvalue weighted by atomic mass is 10.0. The van der Waals surface area contributed by atoms with Crippen molar-refractivity contribution in [3.63, 3.8) is 0 Å². The van der Waals surface area contributed by atoms with Crippen LogP contribution in [0.4, 0.5) is 0 Å². The molecule has 2 heteroatoms. The van der Waals surface area contributed by atoms with Gasteiger partial charge in [0.05, 0.1) is 0 Å². The summed E-state index contributed by atoms with van der Waals surface area (Å²) < 4.78 is 5.05. The van der Waals surface area contributed by atoms with E-state index in [1.807, 2.05) is 37.3 Å². The Hall–Kier alpha value is -0.860. The first-order chi connectivity index (χ1) is 6.20. The third-order valence-electron chi connectivity index (χ3n) is 2.26. The Kier molecular flexibility index (Phi) is 3.46. The fourth-order valence-electron chi connectivity index (χ4n) is 1.26. The van der Waals surface area contributed by atoms with Crippen LogP contribution in [0.15, 0.2) is 30.3 Å². The van der Waals surface area contributed by atoms with Crippen molar-refractivity contribution in [2.45, 2.75) is 25.6 Å². The molecule has 0 heterocycles. The molecule has 0 fully saturated rings. The van der Waals surface area contributed by atoms with Gasteiger partial charge in [-0.15, -0.1) is 0 Å². The number of methoxy groups -OCH3 is 1. The van der Waals surface area contributed by atoms with E-state index in [1.54, 1.807) is 0 Å². The second-order valence-corrected chi connectivity index (χ2v) is 3.17. The molecule has 0 aromatic heterocycles. The van der Waals surface area contributed by atoms with Crippen molar-refractivity contribution in [2.75, 3.05) is 7.11 Å². The summed E-state index contributed by atoms with van der Waals surface area (Å²) >= 11 is 0. The molecule has 1 rings (SSSR count). The van der Waals surface area contributed by atoms with Crippen molar-refractivity contribution in [1.29, 1.82) is 0 Å². The summed E-state index contributed by atoms with van der Waals surface area (Å²) in [4.78, 5) is 0. The topological polar surface area (TPSA) is 29.5 Å². The number of hydrogen-bond acceptors (Lipinski definition) is 2. The average molecular weight is 180 g/mol. The lowest BCUT2D eigenvalue weighted by Crippen LogP contribution is -2.32. The van der Waals surface area contributed by atoms with Gasteiger partial charge in [-0.05, 0) is 12.0 Å². The highest BCUT2D eigenvalue weighted by Gasteiger charge is 2.23. The Balaban J connectivity index is 2.68. The first-order valence-corrected chi connectivity index (χ1v) is 4.51. The molecule has 72 valence electrons. The second kappa shape index (κ2) is 4.40. The van der Waals surface area contributed by atoms with Crippen LogP contribution in [-0.2, 0) is 11.2 Å². The lowest BCUT2D eigenvalue weighted by Gasteiger charge is -2.24. The molecular weight excluding hydrogens is 164 g/mol. The van der Waals surface area contributed by atoms with Crippen LogP contribution in [0.5, 0.6) is 0 Å². The van der Waals surface area contributed by atoms with Crippen LogP contribution in [0.3, 0.4) is 0 Å². The normalized spacial score (nSPS) is 15.3. The summed E-state index contributed by atoms with van der Waals surface area (Å²) in [6.45, 7) is 1.91. The minimum absolute atomic E-state index is 0.542. The minimum atomic E-state index is -1.01. The van der Waals surface area contributed by atoms with Gasteiger partial charge in [0, 0.05) is 13.5 Å². The third-order valence-corrected chi connectivity index (χ3v) is 2.26. The van der Waals surface area contributed by atoms with Gasteiger partial charge in [-0.1, -0.05) is 37.3 Å². The van der Waals surface area contributed by atoms with E-state index in [2.05, 4.69) is 0 Å². The van der Waals surface area contributed by atoms with E-state index >= 15 is 0 Å². The van der Waals surface area contributed by atoms with E-state index in [1.165, 1.54) is 7.11 Å². The quantitative estimate of drug-likeness (QED) is 0.718. The van der Waals surface area contributed by atoms with Gasteiger partial charge in [0.15, 0.2) is 5.79 Å². The third kappa shape index (κ3) is 2.83. The van der Waals surface area contributed by atoms with Gasteiger partial charge < -0.3 is 9.84 Å². The smallest absolute Gasteiger partial charge is 0.168 e. The molecule has 1 N–H and O–H groups in total. The maximum atomic E-state index is 9.86. The molecule has 0 aliphatic heterocycles. The summed E-state index contributed by atoms with van der Waals surface area (Å²) in [5.74, 6) is -1.01. The summed E-state index contributed by atoms with van der Waals surface area (Å²) in [6, 6.07) is 9.85. The zero-order valence-corrected chi connectivity index (χ0v) is 8.16. The Labute approximate surface area is 79.2 Å². The van der Waals surface area contributed by atoms with Crippen LogP contribution < -0.4 is 0 Å². The number of rotatable bonds is 4.